The molecule has 0 unspecified atom stereocenters. The van der Waals surface area contributed by atoms with Crippen molar-refractivity contribution < 1.29 is 32.2 Å². The maximum atomic E-state index is 12.6. The van der Waals surface area contributed by atoms with Gasteiger partial charge in [-0.25, -0.2) is 4.79 Å². The lowest BCUT2D eigenvalue weighted by molar-refractivity contribution is -0.219. The third-order valence-corrected chi connectivity index (χ3v) is 4.63. The van der Waals surface area contributed by atoms with Gasteiger partial charge in [-0.15, -0.1) is 0 Å². The molecule has 1 aliphatic rings. The summed E-state index contributed by atoms with van der Waals surface area (Å²) in [6.45, 7) is 2.15. The van der Waals surface area contributed by atoms with E-state index in [1.807, 2.05) is 30.3 Å². The van der Waals surface area contributed by atoms with Crippen molar-refractivity contribution in [2.75, 3.05) is 13.7 Å². The van der Waals surface area contributed by atoms with Crippen LogP contribution in [0.2, 0.25) is 0 Å². The molecular formula is C19H25F3O4. The van der Waals surface area contributed by atoms with Gasteiger partial charge in [0.05, 0.1) is 12.2 Å². The van der Waals surface area contributed by atoms with Gasteiger partial charge >= 0.3 is 12.1 Å². The van der Waals surface area contributed by atoms with Crippen molar-refractivity contribution in [3.8, 4) is 0 Å². The molecule has 0 aromatic heterocycles. The summed E-state index contributed by atoms with van der Waals surface area (Å²) in [4.78, 5) is 11.3. The molecule has 0 N–H and O–H groups in total. The van der Waals surface area contributed by atoms with Gasteiger partial charge in [-0.1, -0.05) is 30.3 Å². The number of aryl methyl sites for hydroxylation is 1. The molecule has 0 saturated carbocycles. The van der Waals surface area contributed by atoms with E-state index in [4.69, 9.17) is 14.2 Å². The molecule has 1 heterocycles. The van der Waals surface area contributed by atoms with Crippen LogP contribution in [-0.4, -0.2) is 44.2 Å². The van der Waals surface area contributed by atoms with Crippen LogP contribution in [0.4, 0.5) is 13.2 Å². The van der Waals surface area contributed by atoms with Crippen molar-refractivity contribution in [3.05, 3.63) is 35.9 Å². The number of carbonyl (C=O) groups excluding carboxylic acids is 1. The van der Waals surface area contributed by atoms with E-state index < -0.39 is 18.2 Å². The van der Waals surface area contributed by atoms with Crippen molar-refractivity contribution in [1.82, 2.24) is 0 Å². The van der Waals surface area contributed by atoms with E-state index in [9.17, 15) is 18.0 Å². The second-order valence-corrected chi connectivity index (χ2v) is 6.63. The second kappa shape index (κ2) is 9.37. The summed E-state index contributed by atoms with van der Waals surface area (Å²) in [6.07, 6.45) is -4.29. The number of methoxy groups -OCH3 is 1. The number of ether oxygens (including phenoxy) is 3. The highest BCUT2D eigenvalue weighted by molar-refractivity contribution is 5.75. The van der Waals surface area contributed by atoms with Crippen molar-refractivity contribution in [2.24, 2.45) is 5.92 Å². The first-order valence-electron chi connectivity index (χ1n) is 8.77. The van der Waals surface area contributed by atoms with Crippen LogP contribution < -0.4 is 0 Å². The first-order valence-corrected chi connectivity index (χ1v) is 8.77. The Labute approximate surface area is 151 Å². The van der Waals surface area contributed by atoms with Crippen LogP contribution in [0.3, 0.4) is 0 Å². The van der Waals surface area contributed by atoms with Gasteiger partial charge in [-0.05, 0) is 31.7 Å². The largest absolute Gasteiger partial charge is 0.490 e. The quantitative estimate of drug-likeness (QED) is 0.679. The van der Waals surface area contributed by atoms with Crippen LogP contribution in [0.25, 0.3) is 0 Å². The first-order chi connectivity index (χ1) is 12.3. The highest BCUT2D eigenvalue weighted by Gasteiger charge is 2.46. The first kappa shape index (κ1) is 20.7. The molecule has 2 rings (SSSR count). The summed E-state index contributed by atoms with van der Waals surface area (Å²) < 4.78 is 53.7. The van der Waals surface area contributed by atoms with Crippen LogP contribution in [0, 0.1) is 5.92 Å². The standard InChI is InChI=1S/C19H25F3O4/c1-13-12-17(26-18(23)19(20,21)22)15(10-11-24-2)16(25-13)9-8-14-6-4-3-5-7-14/h3-7,13,15-17H,8-12H2,1-2H3/t13-,15+,16+,17+/m0/s1. The van der Waals surface area contributed by atoms with Crippen LogP contribution in [0.1, 0.15) is 31.7 Å². The number of halogens is 3. The number of hydrogen-bond donors (Lipinski definition) is 0. The predicted molar refractivity (Wildman–Crippen MR) is 89.6 cm³/mol. The SMILES string of the molecule is COCC[C@H]1[C@H](OC(=O)C(F)(F)F)C[C@H](C)O[C@@H]1CCc1ccccc1. The predicted octanol–water partition coefficient (Wildman–Crippen LogP) is 3.92. The minimum absolute atomic E-state index is 0.248. The minimum atomic E-state index is -4.99. The maximum absolute atomic E-state index is 12.6. The average molecular weight is 374 g/mol. The molecule has 26 heavy (non-hydrogen) atoms. The molecule has 1 aliphatic heterocycles. The van der Waals surface area contributed by atoms with E-state index in [-0.39, 0.29) is 24.5 Å². The number of benzene rings is 1. The molecule has 4 atom stereocenters. The van der Waals surface area contributed by atoms with Crippen LogP contribution in [0.15, 0.2) is 30.3 Å². The van der Waals surface area contributed by atoms with E-state index in [1.54, 1.807) is 6.92 Å². The van der Waals surface area contributed by atoms with Crippen molar-refractivity contribution in [2.45, 2.75) is 57.1 Å². The smallest absolute Gasteiger partial charge is 0.455 e. The number of carbonyl (C=O) groups is 1. The van der Waals surface area contributed by atoms with Gasteiger partial charge in [0.2, 0.25) is 0 Å². The molecule has 1 saturated heterocycles. The van der Waals surface area contributed by atoms with E-state index in [0.29, 0.717) is 19.4 Å². The number of rotatable bonds is 7. The van der Waals surface area contributed by atoms with Crippen molar-refractivity contribution in [3.63, 3.8) is 0 Å². The summed E-state index contributed by atoms with van der Waals surface area (Å²) in [7, 11) is 1.53. The Kier molecular flexibility index (Phi) is 7.46. The molecule has 0 aliphatic carbocycles. The normalized spacial score (nSPS) is 26.5. The van der Waals surface area contributed by atoms with Gasteiger partial charge in [-0.2, -0.15) is 13.2 Å². The maximum Gasteiger partial charge on any atom is 0.490 e. The summed E-state index contributed by atoms with van der Waals surface area (Å²) in [6, 6.07) is 9.80. The number of hydrogen-bond acceptors (Lipinski definition) is 4. The average Bonchev–Trinajstić information content (AvgIpc) is 2.59. The Bertz CT molecular complexity index is 562. The van der Waals surface area contributed by atoms with Gasteiger partial charge < -0.3 is 14.2 Å². The van der Waals surface area contributed by atoms with Gasteiger partial charge in [0, 0.05) is 26.1 Å². The third kappa shape index (κ3) is 5.99. The van der Waals surface area contributed by atoms with Gasteiger partial charge in [0.25, 0.3) is 0 Å². The van der Waals surface area contributed by atoms with Gasteiger partial charge in [0.15, 0.2) is 0 Å². The summed E-state index contributed by atoms with van der Waals surface area (Å²) >= 11 is 0. The van der Waals surface area contributed by atoms with E-state index >= 15 is 0 Å². The van der Waals surface area contributed by atoms with E-state index in [1.165, 1.54) is 7.11 Å². The number of esters is 1. The summed E-state index contributed by atoms with van der Waals surface area (Å²) in [5.74, 6) is -2.47. The second-order valence-electron chi connectivity index (χ2n) is 6.63. The van der Waals surface area contributed by atoms with Crippen LogP contribution >= 0.6 is 0 Å². The zero-order valence-corrected chi connectivity index (χ0v) is 15.0. The fraction of sp³-hybridized carbons (Fsp3) is 0.632. The van der Waals surface area contributed by atoms with Crippen LogP contribution in [-0.2, 0) is 25.4 Å². The Balaban J connectivity index is 2.08. The molecule has 0 radical (unpaired) electrons. The lowest BCUT2D eigenvalue weighted by Crippen LogP contribution is -2.47. The Morgan fingerprint density at radius 1 is 1.23 bits per heavy atom. The molecule has 1 aromatic rings. The molecule has 0 bridgehead atoms. The minimum Gasteiger partial charge on any atom is -0.455 e. The van der Waals surface area contributed by atoms with Gasteiger partial charge in [-0.3, -0.25) is 0 Å². The van der Waals surface area contributed by atoms with Gasteiger partial charge in [0.1, 0.15) is 6.10 Å². The van der Waals surface area contributed by atoms with E-state index in [0.717, 1.165) is 12.0 Å². The molecule has 146 valence electrons. The highest BCUT2D eigenvalue weighted by Crippen LogP contribution is 2.34. The molecule has 0 amide bonds. The third-order valence-electron chi connectivity index (χ3n) is 4.63. The molecule has 7 heteroatoms. The Morgan fingerprint density at radius 2 is 1.92 bits per heavy atom. The Morgan fingerprint density at radius 3 is 2.54 bits per heavy atom. The Hall–Kier alpha value is -1.60. The lowest BCUT2D eigenvalue weighted by Gasteiger charge is -2.41. The fourth-order valence-corrected chi connectivity index (χ4v) is 3.40. The lowest BCUT2D eigenvalue weighted by atomic mass is 9.84. The molecular weight excluding hydrogens is 349 g/mol. The van der Waals surface area contributed by atoms with Crippen molar-refractivity contribution >= 4 is 5.97 Å². The molecule has 4 nitrogen and oxygen atoms in total. The zero-order chi connectivity index (χ0) is 19.2. The number of alkyl halides is 3. The van der Waals surface area contributed by atoms with Crippen molar-refractivity contribution in [1.29, 1.82) is 0 Å². The van der Waals surface area contributed by atoms with Crippen LogP contribution in [0.5, 0.6) is 0 Å². The zero-order valence-electron chi connectivity index (χ0n) is 15.0. The molecule has 1 fully saturated rings. The highest BCUT2D eigenvalue weighted by atomic mass is 19.4. The molecule has 0 spiro atoms. The fourth-order valence-electron chi connectivity index (χ4n) is 3.40. The topological polar surface area (TPSA) is 44.8 Å². The monoisotopic (exact) mass is 374 g/mol. The van der Waals surface area contributed by atoms with E-state index in [2.05, 4.69) is 0 Å². The summed E-state index contributed by atoms with van der Waals surface area (Å²) in [5.41, 5.74) is 1.13. The molecule has 1 aromatic carbocycles. The summed E-state index contributed by atoms with van der Waals surface area (Å²) in [5, 5.41) is 0.